The third-order valence-electron chi connectivity index (χ3n) is 3.28. The number of hydrogen-bond donors (Lipinski definition) is 2. The summed E-state index contributed by atoms with van der Waals surface area (Å²) >= 11 is 0. The number of nitrogen functional groups attached to an aromatic ring is 1. The number of rotatable bonds is 3. The maximum absolute atomic E-state index is 12.7. The fraction of sp³-hybridized carbons (Fsp3) is 0.200. The third-order valence-corrected chi connectivity index (χ3v) is 3.28. The van der Waals surface area contributed by atoms with Crippen LogP contribution in [0.15, 0.2) is 30.3 Å². The van der Waals surface area contributed by atoms with E-state index in [-0.39, 0.29) is 11.1 Å². The van der Waals surface area contributed by atoms with Crippen molar-refractivity contribution in [2.75, 3.05) is 25.8 Å². The van der Waals surface area contributed by atoms with E-state index >= 15 is 0 Å². The lowest BCUT2D eigenvalue weighted by Gasteiger charge is -2.27. The van der Waals surface area contributed by atoms with Gasteiger partial charge in [-0.05, 0) is 30.6 Å². The van der Waals surface area contributed by atoms with Crippen LogP contribution >= 0.6 is 0 Å². The van der Waals surface area contributed by atoms with Gasteiger partial charge in [0.25, 0.3) is 11.8 Å². The van der Waals surface area contributed by atoms with Crippen LogP contribution in [0.5, 0.6) is 0 Å². The maximum Gasteiger partial charge on any atom is 0.261 e. The largest absolute Gasteiger partial charge is 0.399 e. The predicted octanol–water partition coefficient (Wildman–Crippen LogP) is 1.24. The molecule has 2 aromatic carbocycles. The number of benzene rings is 2. The van der Waals surface area contributed by atoms with Gasteiger partial charge in [0.05, 0.1) is 5.56 Å². The van der Waals surface area contributed by atoms with Crippen molar-refractivity contribution in [2.45, 2.75) is 0 Å². The Morgan fingerprint density at radius 1 is 1.30 bits per heavy atom. The van der Waals surface area contributed by atoms with Gasteiger partial charge in [-0.1, -0.05) is 12.1 Å². The standard InChI is InChI=1S/C15H15N3O2/c1-17-5-6-18-14(19)11-4-2-3-9-7-10(16)8-12(13(9)11)15(18)20/h2-4,7-8,17H,5-6,16H2,1H3/i1D3,5D2. The smallest absolute Gasteiger partial charge is 0.261 e. The summed E-state index contributed by atoms with van der Waals surface area (Å²) in [6, 6.07) is 7.98. The van der Waals surface area contributed by atoms with Gasteiger partial charge in [0.1, 0.15) is 0 Å². The summed E-state index contributed by atoms with van der Waals surface area (Å²) in [5.41, 5.74) is 6.59. The number of likely N-dealkylation sites (N-methyl/N-ethyl adjacent to an activating group) is 1. The number of anilines is 1. The highest BCUT2D eigenvalue weighted by Crippen LogP contribution is 2.31. The molecule has 3 rings (SSSR count). The molecular weight excluding hydrogens is 254 g/mol. The molecule has 0 unspecified atom stereocenters. The van der Waals surface area contributed by atoms with Crippen LogP contribution in [-0.4, -0.2) is 36.7 Å². The number of carbonyl (C=O) groups excluding carboxylic acids is 2. The second kappa shape index (κ2) is 4.61. The summed E-state index contributed by atoms with van der Waals surface area (Å²) in [5.74, 6) is -1.39. The van der Waals surface area contributed by atoms with Crippen LogP contribution in [0.3, 0.4) is 0 Å². The highest BCUT2D eigenvalue weighted by molar-refractivity contribution is 6.25. The number of carbonyl (C=O) groups is 2. The van der Waals surface area contributed by atoms with Gasteiger partial charge in [0.15, 0.2) is 0 Å². The Labute approximate surface area is 123 Å². The minimum atomic E-state index is -2.76. The van der Waals surface area contributed by atoms with Crippen LogP contribution in [0.25, 0.3) is 10.8 Å². The lowest BCUT2D eigenvalue weighted by Crippen LogP contribution is -2.43. The average Bonchev–Trinajstić information content (AvgIpc) is 2.46. The molecule has 0 saturated heterocycles. The Balaban J connectivity index is 2.05. The summed E-state index contributed by atoms with van der Waals surface area (Å²) < 4.78 is 37.0. The molecule has 1 aliphatic rings. The molecular formula is C15H15N3O2. The van der Waals surface area contributed by atoms with Crippen molar-refractivity contribution in [3.8, 4) is 0 Å². The number of hydrogen-bond acceptors (Lipinski definition) is 4. The van der Waals surface area contributed by atoms with Gasteiger partial charge in [-0.25, -0.2) is 0 Å². The molecule has 0 saturated carbocycles. The molecule has 0 fully saturated rings. The molecule has 0 atom stereocenters. The Hall–Kier alpha value is -2.40. The molecule has 0 bridgehead atoms. The van der Waals surface area contributed by atoms with E-state index in [4.69, 9.17) is 12.6 Å². The van der Waals surface area contributed by atoms with Crippen molar-refractivity contribution in [1.82, 2.24) is 10.2 Å². The lowest BCUT2D eigenvalue weighted by molar-refractivity contribution is 0.0613. The topological polar surface area (TPSA) is 75.4 Å². The van der Waals surface area contributed by atoms with Gasteiger partial charge < -0.3 is 11.1 Å². The molecule has 2 aromatic rings. The van der Waals surface area contributed by atoms with Gasteiger partial charge in [-0.15, -0.1) is 0 Å². The number of nitrogens with zero attached hydrogens (tertiary/aromatic N) is 1. The van der Waals surface area contributed by atoms with Gasteiger partial charge in [0, 0.05) is 36.5 Å². The van der Waals surface area contributed by atoms with Crippen LogP contribution in [-0.2, 0) is 0 Å². The molecule has 0 spiro atoms. The molecule has 0 aliphatic carbocycles. The summed E-state index contributed by atoms with van der Waals surface area (Å²) in [4.78, 5) is 26.1. The van der Waals surface area contributed by atoms with E-state index in [9.17, 15) is 9.59 Å². The van der Waals surface area contributed by atoms with Gasteiger partial charge >= 0.3 is 0 Å². The fourth-order valence-electron chi connectivity index (χ4n) is 2.44. The summed E-state index contributed by atoms with van der Waals surface area (Å²) in [6.45, 7) is -5.98. The number of imide groups is 1. The molecule has 3 N–H and O–H groups in total. The van der Waals surface area contributed by atoms with Crippen molar-refractivity contribution >= 4 is 28.3 Å². The van der Waals surface area contributed by atoms with Crippen LogP contribution in [0.2, 0.25) is 0 Å². The summed E-state index contributed by atoms with van der Waals surface area (Å²) in [5, 5.41) is 2.91. The second-order valence-corrected chi connectivity index (χ2v) is 4.47. The second-order valence-electron chi connectivity index (χ2n) is 4.47. The Morgan fingerprint density at radius 2 is 2.10 bits per heavy atom. The van der Waals surface area contributed by atoms with Crippen LogP contribution in [0.1, 0.15) is 27.6 Å². The number of nitrogens with one attached hydrogen (secondary N) is 1. The lowest BCUT2D eigenvalue weighted by atomic mass is 9.93. The van der Waals surface area contributed by atoms with Crippen molar-refractivity contribution < 1.29 is 16.4 Å². The quantitative estimate of drug-likeness (QED) is 0.652. The Kier molecular flexibility index (Phi) is 1.85. The first-order valence-corrected chi connectivity index (χ1v) is 5.96. The van der Waals surface area contributed by atoms with E-state index in [1.165, 1.54) is 12.1 Å². The van der Waals surface area contributed by atoms with Crippen LogP contribution < -0.4 is 11.1 Å². The highest BCUT2D eigenvalue weighted by atomic mass is 16.2. The molecule has 102 valence electrons. The zero-order valence-electron chi connectivity index (χ0n) is 15.4. The number of nitrogens with two attached hydrogens (primary N) is 1. The first kappa shape index (κ1) is 8.01. The maximum atomic E-state index is 12.7. The van der Waals surface area contributed by atoms with Gasteiger partial charge in [-0.2, -0.15) is 0 Å². The summed E-state index contributed by atoms with van der Waals surface area (Å²) in [6.07, 6.45) is 0. The predicted molar refractivity (Wildman–Crippen MR) is 77.7 cm³/mol. The normalized spacial score (nSPS) is 19.2. The summed E-state index contributed by atoms with van der Waals surface area (Å²) in [7, 11) is 0. The molecule has 2 amide bonds. The number of amides is 2. The van der Waals surface area contributed by atoms with Crippen molar-refractivity contribution in [1.29, 1.82) is 0 Å². The Morgan fingerprint density at radius 3 is 2.90 bits per heavy atom. The monoisotopic (exact) mass is 274 g/mol. The zero-order chi connectivity index (χ0) is 18.6. The minimum absolute atomic E-state index is 0.190. The molecule has 5 heteroatoms. The first-order chi connectivity index (χ1) is 11.5. The van der Waals surface area contributed by atoms with E-state index in [1.54, 1.807) is 23.5 Å². The van der Waals surface area contributed by atoms with E-state index in [0.29, 0.717) is 21.4 Å². The van der Waals surface area contributed by atoms with Crippen molar-refractivity contribution in [2.24, 2.45) is 0 Å². The first-order valence-electron chi connectivity index (χ1n) is 8.46. The third kappa shape index (κ3) is 1.75. The van der Waals surface area contributed by atoms with Gasteiger partial charge in [-0.3, -0.25) is 14.5 Å². The zero-order valence-corrected chi connectivity index (χ0v) is 10.4. The van der Waals surface area contributed by atoms with Crippen molar-refractivity contribution in [3.63, 3.8) is 0 Å². The molecule has 5 nitrogen and oxygen atoms in total. The van der Waals surface area contributed by atoms with E-state index < -0.39 is 31.8 Å². The minimum Gasteiger partial charge on any atom is -0.399 e. The van der Waals surface area contributed by atoms with Gasteiger partial charge in [0.2, 0.25) is 0 Å². The Bertz CT molecular complexity index is 895. The van der Waals surface area contributed by atoms with E-state index in [1.807, 2.05) is 0 Å². The molecule has 0 radical (unpaired) electrons. The molecule has 1 aliphatic heterocycles. The van der Waals surface area contributed by atoms with Crippen LogP contribution in [0, 0.1) is 0 Å². The molecule has 20 heavy (non-hydrogen) atoms. The average molecular weight is 274 g/mol. The fourth-order valence-corrected chi connectivity index (χ4v) is 2.44. The van der Waals surface area contributed by atoms with Crippen molar-refractivity contribution in [3.05, 3.63) is 41.5 Å². The molecule has 1 heterocycles. The van der Waals surface area contributed by atoms with E-state index in [2.05, 4.69) is 0 Å². The molecule has 0 aromatic heterocycles. The van der Waals surface area contributed by atoms with E-state index in [0.717, 1.165) is 0 Å². The SMILES string of the molecule is [2H]C([2H])([2H])NC([2H])([2H])CN1C(=O)c2cccc3cc(N)cc(c23)C1=O. The van der Waals surface area contributed by atoms with Crippen LogP contribution in [0.4, 0.5) is 5.69 Å². The highest BCUT2D eigenvalue weighted by Gasteiger charge is 2.32.